The van der Waals surface area contributed by atoms with Gasteiger partial charge >= 0.3 is 0 Å². The number of nitrogens with one attached hydrogen (secondary N) is 1. The van der Waals surface area contributed by atoms with Crippen molar-refractivity contribution in [2.75, 3.05) is 20.3 Å². The summed E-state index contributed by atoms with van der Waals surface area (Å²) in [5.41, 5.74) is 1.72. The normalized spacial score (nSPS) is 29.8. The van der Waals surface area contributed by atoms with E-state index in [-0.39, 0.29) is 5.41 Å². The van der Waals surface area contributed by atoms with Gasteiger partial charge in [0.1, 0.15) is 0 Å². The van der Waals surface area contributed by atoms with Crippen molar-refractivity contribution in [2.24, 2.45) is 5.92 Å². The zero-order valence-corrected chi connectivity index (χ0v) is 13.1. The van der Waals surface area contributed by atoms with Gasteiger partial charge in [0, 0.05) is 15.9 Å². The van der Waals surface area contributed by atoms with E-state index in [1.165, 1.54) is 35.7 Å². The van der Waals surface area contributed by atoms with E-state index in [1.807, 2.05) is 0 Å². The summed E-state index contributed by atoms with van der Waals surface area (Å²) in [4.78, 5) is 0. The van der Waals surface area contributed by atoms with Crippen molar-refractivity contribution in [1.29, 1.82) is 0 Å². The summed E-state index contributed by atoms with van der Waals surface area (Å²) >= 11 is 3.73. The first-order chi connectivity index (χ1) is 9.26. The molecule has 1 aromatic carbocycles. The maximum absolute atomic E-state index is 5.62. The highest BCUT2D eigenvalue weighted by molar-refractivity contribution is 9.10. The minimum Gasteiger partial charge on any atom is -0.379 e. The lowest BCUT2D eigenvalue weighted by Crippen LogP contribution is -2.54. The summed E-state index contributed by atoms with van der Waals surface area (Å²) in [5.74, 6) is 0.768. The summed E-state index contributed by atoms with van der Waals surface area (Å²) in [6.45, 7) is 1.79. The molecule has 0 bridgehead atoms. The minimum absolute atomic E-state index is 0.263. The Bertz CT molecular complexity index is 436. The average Bonchev–Trinajstić information content (AvgIpc) is 2.40. The summed E-state index contributed by atoms with van der Waals surface area (Å²) in [6, 6.07) is 9.40. The van der Waals surface area contributed by atoms with Crippen LogP contribution < -0.4 is 5.32 Å². The molecule has 1 saturated carbocycles. The van der Waals surface area contributed by atoms with Crippen molar-refractivity contribution in [2.45, 2.75) is 37.1 Å². The third-order valence-corrected chi connectivity index (χ3v) is 5.74. The van der Waals surface area contributed by atoms with Gasteiger partial charge in [-0.3, -0.25) is 0 Å². The van der Waals surface area contributed by atoms with Crippen LogP contribution in [0, 0.1) is 5.92 Å². The Balaban J connectivity index is 1.82. The van der Waals surface area contributed by atoms with Gasteiger partial charge in [-0.05, 0) is 50.3 Å². The summed E-state index contributed by atoms with van der Waals surface area (Å²) in [5, 5.41) is 3.42. The Kier molecular flexibility index (Phi) is 3.97. The predicted octanol–water partition coefficient (Wildman–Crippen LogP) is 3.50. The second-order valence-electron chi connectivity index (χ2n) is 5.97. The van der Waals surface area contributed by atoms with Crippen LogP contribution in [0.3, 0.4) is 0 Å². The number of benzene rings is 1. The molecule has 2 nitrogen and oxygen atoms in total. The molecule has 1 aliphatic heterocycles. The van der Waals surface area contributed by atoms with Gasteiger partial charge in [-0.25, -0.2) is 0 Å². The van der Waals surface area contributed by atoms with Crippen molar-refractivity contribution in [3.05, 3.63) is 34.3 Å². The van der Waals surface area contributed by atoms with Crippen molar-refractivity contribution < 1.29 is 4.74 Å². The fourth-order valence-corrected chi connectivity index (χ4v) is 4.41. The Labute approximate surface area is 124 Å². The Hall–Kier alpha value is -0.380. The number of ether oxygens (including phenoxy) is 1. The van der Waals surface area contributed by atoms with Gasteiger partial charge in [-0.1, -0.05) is 34.1 Å². The lowest BCUT2D eigenvalue weighted by Gasteiger charge is -2.50. The van der Waals surface area contributed by atoms with Crippen molar-refractivity contribution in [1.82, 2.24) is 5.32 Å². The molecule has 0 unspecified atom stereocenters. The van der Waals surface area contributed by atoms with Gasteiger partial charge in [-0.15, -0.1) is 0 Å². The fraction of sp³-hybridized carbons (Fsp3) is 0.625. The summed E-state index contributed by atoms with van der Waals surface area (Å²) in [6.07, 6.45) is 5.23. The third kappa shape index (κ3) is 2.37. The highest BCUT2D eigenvalue weighted by atomic mass is 79.9. The van der Waals surface area contributed by atoms with Crippen molar-refractivity contribution >= 4 is 15.9 Å². The van der Waals surface area contributed by atoms with Gasteiger partial charge in [0.05, 0.1) is 13.2 Å². The zero-order valence-electron chi connectivity index (χ0n) is 11.5. The minimum atomic E-state index is 0.263. The maximum atomic E-state index is 5.62. The molecule has 1 aromatic rings. The second kappa shape index (κ2) is 5.55. The SMILES string of the molecule is CNC1CCC(C2(c3ccccc3Br)COC2)CC1. The number of hydrogen-bond donors (Lipinski definition) is 1. The maximum Gasteiger partial charge on any atom is 0.0588 e. The number of halogens is 1. The van der Waals surface area contributed by atoms with Gasteiger partial charge in [0.15, 0.2) is 0 Å². The van der Waals surface area contributed by atoms with Gasteiger partial charge in [0.2, 0.25) is 0 Å². The highest BCUT2D eigenvalue weighted by Crippen LogP contribution is 2.47. The summed E-state index contributed by atoms with van der Waals surface area (Å²) in [7, 11) is 2.08. The Morgan fingerprint density at radius 1 is 1.16 bits per heavy atom. The number of hydrogen-bond acceptors (Lipinski definition) is 2. The predicted molar refractivity (Wildman–Crippen MR) is 81.4 cm³/mol. The molecular formula is C16H22BrNO. The molecule has 1 saturated heterocycles. The fourth-order valence-electron chi connectivity index (χ4n) is 3.73. The van der Waals surface area contributed by atoms with E-state index < -0.39 is 0 Å². The molecule has 19 heavy (non-hydrogen) atoms. The molecule has 104 valence electrons. The summed E-state index contributed by atoms with van der Waals surface area (Å²) < 4.78 is 6.86. The monoisotopic (exact) mass is 323 g/mol. The Morgan fingerprint density at radius 2 is 1.84 bits per heavy atom. The van der Waals surface area contributed by atoms with Gasteiger partial charge < -0.3 is 10.1 Å². The van der Waals surface area contributed by atoms with E-state index in [9.17, 15) is 0 Å². The van der Waals surface area contributed by atoms with Crippen LogP contribution in [0.25, 0.3) is 0 Å². The van der Waals surface area contributed by atoms with Crippen molar-refractivity contribution in [3.8, 4) is 0 Å². The average molecular weight is 324 g/mol. The number of rotatable bonds is 3. The molecular weight excluding hydrogens is 302 g/mol. The van der Waals surface area contributed by atoms with Crippen LogP contribution in [0.15, 0.2) is 28.7 Å². The molecule has 2 fully saturated rings. The molecule has 1 aliphatic carbocycles. The molecule has 0 atom stereocenters. The van der Waals surface area contributed by atoms with Gasteiger partial charge in [0.25, 0.3) is 0 Å². The molecule has 0 aromatic heterocycles. The molecule has 1 N–H and O–H groups in total. The molecule has 1 heterocycles. The van der Waals surface area contributed by atoms with Crippen LogP contribution in [0.5, 0.6) is 0 Å². The smallest absolute Gasteiger partial charge is 0.0588 e. The van der Waals surface area contributed by atoms with E-state index in [0.717, 1.165) is 19.1 Å². The van der Waals surface area contributed by atoms with Crippen LogP contribution in [-0.4, -0.2) is 26.3 Å². The molecule has 2 aliphatic rings. The van der Waals surface area contributed by atoms with Crippen LogP contribution in [-0.2, 0) is 10.2 Å². The molecule has 3 heteroatoms. The second-order valence-corrected chi connectivity index (χ2v) is 6.82. The van der Waals surface area contributed by atoms with E-state index in [0.29, 0.717) is 6.04 Å². The van der Waals surface area contributed by atoms with Crippen LogP contribution in [0.1, 0.15) is 31.2 Å². The molecule has 0 amide bonds. The lowest BCUT2D eigenvalue weighted by molar-refractivity contribution is -0.0992. The standard InChI is InChI=1S/C16H22BrNO/c1-18-13-8-6-12(7-9-13)16(10-19-11-16)14-4-2-3-5-15(14)17/h2-5,12-13,18H,6-11H2,1H3. The highest BCUT2D eigenvalue weighted by Gasteiger charge is 2.48. The quantitative estimate of drug-likeness (QED) is 0.919. The van der Waals surface area contributed by atoms with Gasteiger partial charge in [-0.2, -0.15) is 0 Å². The van der Waals surface area contributed by atoms with Crippen LogP contribution >= 0.6 is 15.9 Å². The van der Waals surface area contributed by atoms with E-state index in [4.69, 9.17) is 4.74 Å². The zero-order chi connectivity index (χ0) is 13.3. The first kappa shape index (κ1) is 13.6. The first-order valence-corrected chi connectivity index (χ1v) is 8.05. The molecule has 0 spiro atoms. The van der Waals surface area contributed by atoms with E-state index >= 15 is 0 Å². The van der Waals surface area contributed by atoms with Crippen molar-refractivity contribution in [3.63, 3.8) is 0 Å². The lowest BCUT2D eigenvalue weighted by atomic mass is 9.63. The van der Waals surface area contributed by atoms with Crippen LogP contribution in [0.4, 0.5) is 0 Å². The molecule has 3 rings (SSSR count). The van der Waals surface area contributed by atoms with E-state index in [1.54, 1.807) is 0 Å². The molecule has 0 radical (unpaired) electrons. The largest absolute Gasteiger partial charge is 0.379 e. The third-order valence-electron chi connectivity index (χ3n) is 5.05. The van der Waals surface area contributed by atoms with Crippen LogP contribution in [0.2, 0.25) is 0 Å². The first-order valence-electron chi connectivity index (χ1n) is 7.26. The Morgan fingerprint density at radius 3 is 2.37 bits per heavy atom. The topological polar surface area (TPSA) is 21.3 Å². The van der Waals surface area contributed by atoms with E-state index in [2.05, 4.69) is 52.6 Å².